The second-order valence-corrected chi connectivity index (χ2v) is 5.13. The zero-order valence-electron chi connectivity index (χ0n) is 11.2. The average Bonchev–Trinajstić information content (AvgIpc) is 2.26. The molecule has 5 heteroatoms. The lowest BCUT2D eigenvalue weighted by Gasteiger charge is -2.31. The third-order valence-electron chi connectivity index (χ3n) is 3.12. The summed E-state index contributed by atoms with van der Waals surface area (Å²) >= 11 is 0. The van der Waals surface area contributed by atoms with Gasteiger partial charge in [0.2, 0.25) is 5.91 Å². The maximum Gasteiger partial charge on any atom is 0.239 e. The molecular formula is C12H25N3O2. The van der Waals surface area contributed by atoms with E-state index in [9.17, 15) is 4.79 Å². The molecule has 1 rings (SSSR count). The van der Waals surface area contributed by atoms with Gasteiger partial charge in [-0.2, -0.15) is 0 Å². The number of nitrogens with one attached hydrogen (secondary N) is 1. The lowest BCUT2D eigenvalue weighted by molar-refractivity contribution is -0.127. The van der Waals surface area contributed by atoms with Gasteiger partial charge in [0.25, 0.3) is 0 Å². The molecule has 2 unspecified atom stereocenters. The number of morpholine rings is 1. The largest absolute Gasteiger partial charge is 0.374 e. The van der Waals surface area contributed by atoms with Crippen LogP contribution < -0.4 is 11.1 Å². The maximum atomic E-state index is 11.9. The summed E-state index contributed by atoms with van der Waals surface area (Å²) in [5.41, 5.74) is 5.18. The molecule has 1 amide bonds. The van der Waals surface area contributed by atoms with Gasteiger partial charge in [-0.25, -0.2) is 0 Å². The number of carbonyl (C=O) groups is 1. The second kappa shape index (κ2) is 6.33. The first-order valence-electron chi connectivity index (χ1n) is 6.33. The van der Waals surface area contributed by atoms with Gasteiger partial charge < -0.3 is 20.7 Å². The molecule has 1 heterocycles. The summed E-state index contributed by atoms with van der Waals surface area (Å²) in [4.78, 5) is 14.1. The predicted molar refractivity (Wildman–Crippen MR) is 67.7 cm³/mol. The zero-order chi connectivity index (χ0) is 12.9. The van der Waals surface area contributed by atoms with Crippen LogP contribution in [0.1, 0.15) is 26.7 Å². The number of nitrogens with two attached hydrogens (primary N) is 1. The molecule has 1 saturated heterocycles. The van der Waals surface area contributed by atoms with Gasteiger partial charge in [-0.05, 0) is 20.4 Å². The summed E-state index contributed by atoms with van der Waals surface area (Å²) < 4.78 is 5.57. The molecule has 100 valence electrons. The van der Waals surface area contributed by atoms with Crippen molar-refractivity contribution >= 4 is 5.91 Å². The van der Waals surface area contributed by atoms with Crippen molar-refractivity contribution in [3.63, 3.8) is 0 Å². The van der Waals surface area contributed by atoms with Gasteiger partial charge in [-0.1, -0.05) is 13.3 Å². The van der Waals surface area contributed by atoms with Crippen molar-refractivity contribution in [2.24, 2.45) is 5.73 Å². The van der Waals surface area contributed by atoms with Crippen LogP contribution in [-0.2, 0) is 9.53 Å². The monoisotopic (exact) mass is 243 g/mol. The van der Waals surface area contributed by atoms with Crippen LogP contribution in [0.15, 0.2) is 0 Å². The van der Waals surface area contributed by atoms with Crippen LogP contribution in [0.3, 0.4) is 0 Å². The van der Waals surface area contributed by atoms with Crippen molar-refractivity contribution in [1.82, 2.24) is 10.2 Å². The Balaban J connectivity index is 2.32. The lowest BCUT2D eigenvalue weighted by Crippen LogP contribution is -2.54. The molecular weight excluding hydrogens is 218 g/mol. The van der Waals surface area contributed by atoms with Crippen LogP contribution in [-0.4, -0.2) is 55.7 Å². The molecule has 3 N–H and O–H groups in total. The molecule has 0 aromatic heterocycles. The van der Waals surface area contributed by atoms with E-state index in [2.05, 4.69) is 17.3 Å². The topological polar surface area (TPSA) is 67.6 Å². The number of hydrogen-bond acceptors (Lipinski definition) is 4. The Morgan fingerprint density at radius 2 is 2.35 bits per heavy atom. The summed E-state index contributed by atoms with van der Waals surface area (Å²) in [5.74, 6) is -0.0869. The Labute approximate surface area is 104 Å². The second-order valence-electron chi connectivity index (χ2n) is 5.13. The molecule has 0 radical (unpaired) electrons. The Hall–Kier alpha value is -0.650. The van der Waals surface area contributed by atoms with E-state index >= 15 is 0 Å². The fourth-order valence-corrected chi connectivity index (χ4v) is 2.03. The van der Waals surface area contributed by atoms with E-state index in [4.69, 9.17) is 10.5 Å². The first-order chi connectivity index (χ1) is 7.95. The van der Waals surface area contributed by atoms with E-state index in [1.807, 2.05) is 6.92 Å². The van der Waals surface area contributed by atoms with Crippen molar-refractivity contribution in [2.75, 3.05) is 33.3 Å². The highest BCUT2D eigenvalue weighted by Crippen LogP contribution is 2.09. The Kier molecular flexibility index (Phi) is 5.36. The molecule has 0 bridgehead atoms. The lowest BCUT2D eigenvalue weighted by atomic mass is 9.96. The number of hydrogen-bond donors (Lipinski definition) is 2. The third kappa shape index (κ3) is 4.61. The fraction of sp³-hybridized carbons (Fsp3) is 0.917. The standard InChI is InChI=1S/C12H25N3O2/c1-4-5-12(2,13)11(16)14-8-10-9-15(3)6-7-17-10/h10H,4-9,13H2,1-3H3,(H,14,16). The number of rotatable bonds is 5. The molecule has 1 aliphatic heterocycles. The fourth-order valence-electron chi connectivity index (χ4n) is 2.03. The van der Waals surface area contributed by atoms with E-state index in [1.165, 1.54) is 0 Å². The van der Waals surface area contributed by atoms with E-state index < -0.39 is 5.54 Å². The zero-order valence-corrected chi connectivity index (χ0v) is 11.2. The first-order valence-corrected chi connectivity index (χ1v) is 6.33. The molecule has 0 aliphatic carbocycles. The number of ether oxygens (including phenoxy) is 1. The highest BCUT2D eigenvalue weighted by atomic mass is 16.5. The molecule has 0 aromatic rings. The minimum absolute atomic E-state index is 0.0788. The third-order valence-corrected chi connectivity index (χ3v) is 3.12. The molecule has 1 aliphatic rings. The van der Waals surface area contributed by atoms with E-state index in [0.717, 1.165) is 26.1 Å². The molecule has 5 nitrogen and oxygen atoms in total. The van der Waals surface area contributed by atoms with Crippen molar-refractivity contribution < 1.29 is 9.53 Å². The van der Waals surface area contributed by atoms with E-state index in [1.54, 1.807) is 6.92 Å². The van der Waals surface area contributed by atoms with Crippen LogP contribution in [0.5, 0.6) is 0 Å². The minimum Gasteiger partial charge on any atom is -0.374 e. The SMILES string of the molecule is CCCC(C)(N)C(=O)NCC1CN(C)CCO1. The van der Waals surface area contributed by atoms with Gasteiger partial charge in [-0.3, -0.25) is 4.79 Å². The van der Waals surface area contributed by atoms with E-state index in [-0.39, 0.29) is 12.0 Å². The smallest absolute Gasteiger partial charge is 0.239 e. The van der Waals surface area contributed by atoms with Crippen molar-refractivity contribution in [2.45, 2.75) is 38.3 Å². The molecule has 0 spiro atoms. The number of likely N-dealkylation sites (N-methyl/N-ethyl adjacent to an activating group) is 1. The Morgan fingerprint density at radius 3 is 2.94 bits per heavy atom. The number of carbonyl (C=O) groups excluding carboxylic acids is 1. The van der Waals surface area contributed by atoms with Crippen LogP contribution in [0.4, 0.5) is 0 Å². The van der Waals surface area contributed by atoms with Gasteiger partial charge >= 0.3 is 0 Å². The van der Waals surface area contributed by atoms with Gasteiger partial charge in [0.15, 0.2) is 0 Å². The van der Waals surface area contributed by atoms with Crippen molar-refractivity contribution in [3.05, 3.63) is 0 Å². The quantitative estimate of drug-likeness (QED) is 0.710. The van der Waals surface area contributed by atoms with Crippen molar-refractivity contribution in [3.8, 4) is 0 Å². The Bertz CT molecular complexity index is 256. The normalized spacial score (nSPS) is 25.3. The van der Waals surface area contributed by atoms with Gasteiger partial charge in [0, 0.05) is 19.6 Å². The molecule has 17 heavy (non-hydrogen) atoms. The van der Waals surface area contributed by atoms with Gasteiger partial charge in [0.05, 0.1) is 18.2 Å². The average molecular weight is 243 g/mol. The van der Waals surface area contributed by atoms with Crippen molar-refractivity contribution in [1.29, 1.82) is 0 Å². The van der Waals surface area contributed by atoms with Crippen LogP contribution >= 0.6 is 0 Å². The molecule has 1 fully saturated rings. The molecule has 0 saturated carbocycles. The van der Waals surface area contributed by atoms with E-state index in [0.29, 0.717) is 13.0 Å². The summed E-state index contributed by atoms with van der Waals surface area (Å²) in [7, 11) is 2.06. The van der Waals surface area contributed by atoms with Crippen LogP contribution in [0.2, 0.25) is 0 Å². The van der Waals surface area contributed by atoms with Crippen LogP contribution in [0, 0.1) is 0 Å². The number of nitrogens with zero attached hydrogens (tertiary/aromatic N) is 1. The first kappa shape index (κ1) is 14.4. The number of amides is 1. The molecule has 2 atom stereocenters. The van der Waals surface area contributed by atoms with Gasteiger partial charge in [0.1, 0.15) is 0 Å². The summed E-state index contributed by atoms with van der Waals surface area (Å²) in [6.45, 7) is 6.88. The highest BCUT2D eigenvalue weighted by Gasteiger charge is 2.28. The van der Waals surface area contributed by atoms with Crippen LogP contribution in [0.25, 0.3) is 0 Å². The maximum absolute atomic E-state index is 11.9. The molecule has 0 aromatic carbocycles. The Morgan fingerprint density at radius 1 is 1.65 bits per heavy atom. The van der Waals surface area contributed by atoms with Gasteiger partial charge in [-0.15, -0.1) is 0 Å². The predicted octanol–water partition coefficient (Wildman–Crippen LogP) is -0.0493. The highest BCUT2D eigenvalue weighted by molar-refractivity contribution is 5.85. The summed E-state index contributed by atoms with van der Waals surface area (Å²) in [6.07, 6.45) is 1.68. The minimum atomic E-state index is -0.769. The summed E-state index contributed by atoms with van der Waals surface area (Å²) in [6, 6.07) is 0. The summed E-state index contributed by atoms with van der Waals surface area (Å²) in [5, 5.41) is 2.88.